The quantitative estimate of drug-likeness (QED) is 0.742. The highest BCUT2D eigenvalue weighted by molar-refractivity contribution is 5.89. The van der Waals surface area contributed by atoms with Gasteiger partial charge in [-0.05, 0) is 24.9 Å². The van der Waals surface area contributed by atoms with Gasteiger partial charge in [0.05, 0.1) is 5.92 Å². The molecule has 1 aromatic rings. The van der Waals surface area contributed by atoms with Crippen molar-refractivity contribution in [2.75, 3.05) is 19.6 Å². The fraction of sp³-hybridized carbons (Fsp3) is 0.500. The Balaban J connectivity index is 0.00000242. The van der Waals surface area contributed by atoms with Crippen molar-refractivity contribution in [3.8, 4) is 0 Å². The maximum absolute atomic E-state index is 12.0. The van der Waals surface area contributed by atoms with Crippen LogP contribution in [0.3, 0.4) is 0 Å². The molecule has 3 N–H and O–H groups in total. The zero-order chi connectivity index (χ0) is 15.1. The zero-order valence-electron chi connectivity index (χ0n) is 12.7. The molecule has 122 valence electrons. The fourth-order valence-electron chi connectivity index (χ4n) is 2.53. The van der Waals surface area contributed by atoms with E-state index in [4.69, 9.17) is 5.73 Å². The largest absolute Gasteiger partial charge is 0.356 e. The highest BCUT2D eigenvalue weighted by Crippen LogP contribution is 2.20. The van der Waals surface area contributed by atoms with E-state index in [1.54, 1.807) is 4.90 Å². The number of carbonyl (C=O) groups is 2. The van der Waals surface area contributed by atoms with Gasteiger partial charge in [0.2, 0.25) is 11.8 Å². The van der Waals surface area contributed by atoms with E-state index in [9.17, 15) is 9.59 Å². The minimum atomic E-state index is -0.223. The van der Waals surface area contributed by atoms with E-state index in [1.165, 1.54) is 0 Å². The van der Waals surface area contributed by atoms with Crippen LogP contribution in [0.2, 0.25) is 0 Å². The van der Waals surface area contributed by atoms with Gasteiger partial charge < -0.3 is 16.0 Å². The molecule has 0 aliphatic carbocycles. The third kappa shape index (κ3) is 5.31. The van der Waals surface area contributed by atoms with E-state index in [-0.39, 0.29) is 30.1 Å². The molecule has 1 saturated heterocycles. The summed E-state index contributed by atoms with van der Waals surface area (Å²) in [4.78, 5) is 25.8. The molecule has 1 unspecified atom stereocenters. The summed E-state index contributed by atoms with van der Waals surface area (Å²) in [6, 6.07) is 9.85. The Labute approximate surface area is 137 Å². The Morgan fingerprint density at radius 3 is 2.68 bits per heavy atom. The number of nitrogens with one attached hydrogen (secondary N) is 1. The predicted molar refractivity (Wildman–Crippen MR) is 88.5 cm³/mol. The molecular formula is C16H24ClN3O2. The van der Waals surface area contributed by atoms with Crippen LogP contribution in [0.25, 0.3) is 0 Å². The summed E-state index contributed by atoms with van der Waals surface area (Å²) in [7, 11) is 0. The monoisotopic (exact) mass is 325 g/mol. The molecule has 0 saturated carbocycles. The Kier molecular flexibility index (Phi) is 7.91. The van der Waals surface area contributed by atoms with E-state index in [1.807, 2.05) is 30.3 Å². The molecule has 2 rings (SSSR count). The van der Waals surface area contributed by atoms with Gasteiger partial charge in [0.15, 0.2) is 0 Å². The number of benzene rings is 1. The number of carbonyl (C=O) groups excluding carboxylic acids is 2. The van der Waals surface area contributed by atoms with Crippen LogP contribution < -0.4 is 11.1 Å². The molecule has 1 aliphatic heterocycles. The van der Waals surface area contributed by atoms with Crippen molar-refractivity contribution in [1.82, 2.24) is 10.2 Å². The molecule has 22 heavy (non-hydrogen) atoms. The standard InChI is InChI=1S/C16H23N3O2.ClH/c17-8-4-5-9-18-16(21)14-10-15(20)19(12-14)11-13-6-2-1-3-7-13;/h1-3,6-7,14H,4-5,8-12,17H2,(H,18,21);1H. The smallest absolute Gasteiger partial charge is 0.225 e. The first-order chi connectivity index (χ1) is 10.2. The van der Waals surface area contributed by atoms with E-state index < -0.39 is 0 Å². The van der Waals surface area contributed by atoms with Crippen LogP contribution in [0.4, 0.5) is 0 Å². The molecule has 0 spiro atoms. The van der Waals surface area contributed by atoms with Crippen LogP contribution >= 0.6 is 12.4 Å². The number of nitrogens with zero attached hydrogens (tertiary/aromatic N) is 1. The molecule has 0 radical (unpaired) electrons. The lowest BCUT2D eigenvalue weighted by Crippen LogP contribution is -2.33. The summed E-state index contributed by atoms with van der Waals surface area (Å²) >= 11 is 0. The topological polar surface area (TPSA) is 75.4 Å². The van der Waals surface area contributed by atoms with Crippen molar-refractivity contribution in [2.24, 2.45) is 11.7 Å². The van der Waals surface area contributed by atoms with Gasteiger partial charge in [-0.25, -0.2) is 0 Å². The summed E-state index contributed by atoms with van der Waals surface area (Å²) in [5.41, 5.74) is 6.51. The van der Waals surface area contributed by atoms with Crippen molar-refractivity contribution in [3.05, 3.63) is 35.9 Å². The number of unbranched alkanes of at least 4 members (excludes halogenated alkanes) is 1. The van der Waals surface area contributed by atoms with Crippen molar-refractivity contribution in [1.29, 1.82) is 0 Å². The Morgan fingerprint density at radius 1 is 1.27 bits per heavy atom. The summed E-state index contributed by atoms with van der Waals surface area (Å²) in [5.74, 6) is -0.184. The van der Waals surface area contributed by atoms with Crippen LogP contribution in [-0.2, 0) is 16.1 Å². The van der Waals surface area contributed by atoms with Crippen LogP contribution in [0, 0.1) is 5.92 Å². The van der Waals surface area contributed by atoms with Crippen molar-refractivity contribution >= 4 is 24.2 Å². The number of halogens is 1. The average Bonchev–Trinajstić information content (AvgIpc) is 2.86. The summed E-state index contributed by atoms with van der Waals surface area (Å²) in [6.45, 7) is 2.37. The average molecular weight is 326 g/mol. The highest BCUT2D eigenvalue weighted by atomic mass is 35.5. The summed E-state index contributed by atoms with van der Waals surface area (Å²) < 4.78 is 0. The predicted octanol–water partition coefficient (Wildman–Crippen LogP) is 1.31. The molecule has 1 heterocycles. The minimum absolute atomic E-state index is 0. The Hall–Kier alpha value is -1.59. The molecule has 1 aromatic carbocycles. The van der Waals surface area contributed by atoms with Crippen molar-refractivity contribution in [3.63, 3.8) is 0 Å². The first-order valence-corrected chi connectivity index (χ1v) is 7.50. The molecule has 6 heteroatoms. The van der Waals surface area contributed by atoms with Crippen LogP contribution in [0.1, 0.15) is 24.8 Å². The van der Waals surface area contributed by atoms with Crippen LogP contribution in [0.5, 0.6) is 0 Å². The lowest BCUT2D eigenvalue weighted by Gasteiger charge is -2.16. The van der Waals surface area contributed by atoms with Gasteiger partial charge >= 0.3 is 0 Å². The third-order valence-electron chi connectivity index (χ3n) is 3.73. The third-order valence-corrected chi connectivity index (χ3v) is 3.73. The zero-order valence-corrected chi connectivity index (χ0v) is 13.5. The SMILES string of the molecule is Cl.NCCCCNC(=O)C1CC(=O)N(Cc2ccccc2)C1. The molecule has 5 nitrogen and oxygen atoms in total. The number of amides is 2. The van der Waals surface area contributed by atoms with Gasteiger partial charge in [0, 0.05) is 26.1 Å². The first kappa shape index (κ1) is 18.5. The van der Waals surface area contributed by atoms with E-state index in [2.05, 4.69) is 5.32 Å². The minimum Gasteiger partial charge on any atom is -0.356 e. The molecule has 2 amide bonds. The molecule has 0 aromatic heterocycles. The van der Waals surface area contributed by atoms with Gasteiger partial charge in [0.1, 0.15) is 0 Å². The maximum Gasteiger partial charge on any atom is 0.225 e. The number of likely N-dealkylation sites (tertiary alicyclic amines) is 1. The lowest BCUT2D eigenvalue weighted by molar-refractivity contribution is -0.129. The van der Waals surface area contributed by atoms with Gasteiger partial charge in [-0.2, -0.15) is 0 Å². The second kappa shape index (κ2) is 9.43. The van der Waals surface area contributed by atoms with Crippen molar-refractivity contribution < 1.29 is 9.59 Å². The Bertz CT molecular complexity index is 482. The first-order valence-electron chi connectivity index (χ1n) is 7.50. The number of hydrogen-bond acceptors (Lipinski definition) is 3. The van der Waals surface area contributed by atoms with Crippen molar-refractivity contribution in [2.45, 2.75) is 25.8 Å². The van der Waals surface area contributed by atoms with E-state index in [0.717, 1.165) is 18.4 Å². The van der Waals surface area contributed by atoms with Gasteiger partial charge in [0.25, 0.3) is 0 Å². The molecule has 1 fully saturated rings. The second-order valence-corrected chi connectivity index (χ2v) is 5.45. The van der Waals surface area contributed by atoms with Crippen LogP contribution in [-0.4, -0.2) is 36.3 Å². The second-order valence-electron chi connectivity index (χ2n) is 5.45. The van der Waals surface area contributed by atoms with Gasteiger partial charge in [-0.3, -0.25) is 9.59 Å². The van der Waals surface area contributed by atoms with Crippen LogP contribution in [0.15, 0.2) is 30.3 Å². The highest BCUT2D eigenvalue weighted by Gasteiger charge is 2.33. The van der Waals surface area contributed by atoms with E-state index in [0.29, 0.717) is 32.6 Å². The maximum atomic E-state index is 12.0. The normalized spacial score (nSPS) is 17.2. The summed E-state index contributed by atoms with van der Waals surface area (Å²) in [6.07, 6.45) is 2.11. The van der Waals surface area contributed by atoms with Gasteiger partial charge in [-0.1, -0.05) is 30.3 Å². The van der Waals surface area contributed by atoms with Gasteiger partial charge in [-0.15, -0.1) is 12.4 Å². The lowest BCUT2D eigenvalue weighted by atomic mass is 10.1. The molecule has 0 bridgehead atoms. The Morgan fingerprint density at radius 2 is 2.00 bits per heavy atom. The number of hydrogen-bond donors (Lipinski definition) is 2. The molecular weight excluding hydrogens is 302 g/mol. The molecule has 1 aliphatic rings. The number of rotatable bonds is 7. The van der Waals surface area contributed by atoms with E-state index >= 15 is 0 Å². The number of nitrogens with two attached hydrogens (primary N) is 1. The molecule has 1 atom stereocenters. The fourth-order valence-corrected chi connectivity index (χ4v) is 2.53. The summed E-state index contributed by atoms with van der Waals surface area (Å²) in [5, 5.41) is 2.89.